The maximum Gasteiger partial charge on any atom is 3.00 e. The van der Waals surface area contributed by atoms with Crippen molar-refractivity contribution in [2.24, 2.45) is 0 Å². The van der Waals surface area contributed by atoms with Gasteiger partial charge in [0.05, 0.1) is 17.0 Å². The summed E-state index contributed by atoms with van der Waals surface area (Å²) < 4.78 is 6.32. The molecule has 114 valence electrons. The van der Waals surface area contributed by atoms with Crippen LogP contribution in [-0.2, 0) is 4.12 Å². The topological polar surface area (TPSA) is 37.4 Å². The Kier molecular flexibility index (Phi) is 11.0. The normalized spacial score (nSPS) is 13.6. The summed E-state index contributed by atoms with van der Waals surface area (Å²) in [4.78, 5) is 9.70. The minimum absolute atomic E-state index is 0. The predicted octanol–water partition coefficient (Wildman–Crippen LogP) is 1.37. The van der Waals surface area contributed by atoms with Gasteiger partial charge in [-0.3, -0.25) is 0 Å². The quantitative estimate of drug-likeness (QED) is 0.518. The zero-order valence-electron chi connectivity index (χ0n) is 14.1. The first-order valence-corrected chi connectivity index (χ1v) is 12.0. The zero-order valence-corrected chi connectivity index (χ0v) is 20.4. The van der Waals surface area contributed by atoms with Gasteiger partial charge in [0.2, 0.25) is 0 Å². The maximum atomic E-state index is 6.32. The molecule has 0 fully saturated rings. The number of halogens is 1. The standard InChI is InChI=1S/C12H30N2OSi2.Bi.ClH/c1-11(2,3)13-16(7,8)15-17(9,10)14-12(4,5)6;;/h1-10H3;;1H/q-2;+3;/p-1. The molecule has 0 aliphatic heterocycles. The fraction of sp³-hybridized carbons (Fsp3) is 1.00. The predicted molar refractivity (Wildman–Crippen MR) is 88.0 cm³/mol. The molecule has 7 heteroatoms. The number of rotatable bonds is 4. The summed E-state index contributed by atoms with van der Waals surface area (Å²) in [6.45, 7) is 21.4. The van der Waals surface area contributed by atoms with Crippen molar-refractivity contribution >= 4 is 43.2 Å². The van der Waals surface area contributed by atoms with E-state index < -0.39 is 17.0 Å². The Labute approximate surface area is 148 Å². The second-order valence-corrected chi connectivity index (χ2v) is 14.6. The average molecular weight is 519 g/mol. The molecule has 0 aromatic heterocycles. The first kappa shape index (κ1) is 25.4. The summed E-state index contributed by atoms with van der Waals surface area (Å²) in [5, 5.41) is 0. The van der Waals surface area contributed by atoms with E-state index in [4.69, 9.17) is 14.1 Å². The van der Waals surface area contributed by atoms with Gasteiger partial charge in [-0.05, 0) is 0 Å². The molecule has 0 aliphatic carbocycles. The van der Waals surface area contributed by atoms with E-state index in [1.807, 2.05) is 0 Å². The number of nitrogens with zero attached hydrogens (tertiary/aromatic N) is 2. The van der Waals surface area contributed by atoms with Gasteiger partial charge in [0, 0.05) is 0 Å². The van der Waals surface area contributed by atoms with Crippen LogP contribution in [0, 0.1) is 0 Å². The smallest absolute Gasteiger partial charge is 1.00 e. The summed E-state index contributed by atoms with van der Waals surface area (Å²) >= 11 is 0. The molecule has 0 atom stereocenters. The Morgan fingerprint density at radius 2 is 0.895 bits per heavy atom. The minimum Gasteiger partial charge on any atom is -1.00 e. The van der Waals surface area contributed by atoms with E-state index in [1.165, 1.54) is 0 Å². The fourth-order valence-electron chi connectivity index (χ4n) is 2.27. The van der Waals surface area contributed by atoms with E-state index in [0.717, 1.165) is 0 Å². The molecule has 19 heavy (non-hydrogen) atoms. The van der Waals surface area contributed by atoms with Gasteiger partial charge in [0.1, 0.15) is 0 Å². The molecule has 0 aromatic rings. The van der Waals surface area contributed by atoms with Gasteiger partial charge in [-0.1, -0.05) is 67.7 Å². The largest absolute Gasteiger partial charge is 3.00 e. The van der Waals surface area contributed by atoms with Crippen LogP contribution in [0.4, 0.5) is 0 Å². The molecule has 0 heterocycles. The summed E-state index contributed by atoms with van der Waals surface area (Å²) in [6.07, 6.45) is 0. The second-order valence-electron chi connectivity index (χ2n) is 7.56. The van der Waals surface area contributed by atoms with Crippen LogP contribution in [0.25, 0.3) is 9.96 Å². The Balaban J connectivity index is -0.00000128. The first-order chi connectivity index (χ1) is 7.12. The van der Waals surface area contributed by atoms with Crippen LogP contribution in [0.5, 0.6) is 0 Å². The third kappa shape index (κ3) is 15.7. The van der Waals surface area contributed by atoms with Crippen LogP contribution in [0.2, 0.25) is 26.2 Å². The molecular formula is C12H30BiClN2OSi2. The van der Waals surface area contributed by atoms with Gasteiger partial charge >= 0.3 is 26.2 Å². The molecule has 2 radical (unpaired) electrons. The van der Waals surface area contributed by atoms with E-state index in [2.05, 4.69) is 67.7 Å². The van der Waals surface area contributed by atoms with Crippen molar-refractivity contribution in [2.75, 3.05) is 0 Å². The van der Waals surface area contributed by atoms with Crippen molar-refractivity contribution in [1.29, 1.82) is 0 Å². The van der Waals surface area contributed by atoms with Gasteiger partial charge in [0.25, 0.3) is 0 Å². The maximum absolute atomic E-state index is 6.32. The zero-order chi connectivity index (χ0) is 14.1. The third-order valence-corrected chi connectivity index (χ3v) is 8.12. The van der Waals surface area contributed by atoms with Crippen LogP contribution in [0.15, 0.2) is 0 Å². The molecule has 0 N–H and O–H groups in total. The van der Waals surface area contributed by atoms with E-state index in [0.29, 0.717) is 0 Å². The van der Waals surface area contributed by atoms with Crippen LogP contribution in [-0.4, -0.2) is 54.2 Å². The Morgan fingerprint density at radius 1 is 0.684 bits per heavy atom. The molecular weight excluding hydrogens is 489 g/mol. The fourth-order valence-corrected chi connectivity index (χ4v) is 10.8. The van der Waals surface area contributed by atoms with Crippen LogP contribution in [0.1, 0.15) is 41.5 Å². The molecule has 0 aliphatic rings. The Bertz CT molecular complexity index is 237. The summed E-state index contributed by atoms with van der Waals surface area (Å²) in [7, 11) is -3.96. The SMILES string of the molecule is CC(C)(C)[N-][Si](C)(C)O[Si](C)(C)[N-]C(C)(C)C.[Bi+3].[Cl-]. The Morgan fingerprint density at radius 3 is 1.05 bits per heavy atom. The Hall–Kier alpha value is 1.49. The van der Waals surface area contributed by atoms with Gasteiger partial charge in [-0.2, -0.15) is 0 Å². The van der Waals surface area contributed by atoms with E-state index in [9.17, 15) is 0 Å². The summed E-state index contributed by atoms with van der Waals surface area (Å²) in [5.41, 5.74) is -0.0517. The van der Waals surface area contributed by atoms with Gasteiger partial charge in [-0.15, -0.1) is 11.1 Å². The molecule has 0 bridgehead atoms. The number of hydrogen-bond acceptors (Lipinski definition) is 1. The monoisotopic (exact) mass is 518 g/mol. The number of hydrogen-bond donors (Lipinski definition) is 0. The van der Waals surface area contributed by atoms with E-state index in [-0.39, 0.29) is 49.7 Å². The van der Waals surface area contributed by atoms with Gasteiger partial charge in [-0.25, -0.2) is 0 Å². The second kappa shape index (κ2) is 8.21. The van der Waals surface area contributed by atoms with E-state index in [1.54, 1.807) is 0 Å². The van der Waals surface area contributed by atoms with Crippen molar-refractivity contribution in [1.82, 2.24) is 0 Å². The first-order valence-electron chi connectivity index (χ1n) is 6.30. The summed E-state index contributed by atoms with van der Waals surface area (Å²) in [6, 6.07) is 0. The van der Waals surface area contributed by atoms with Crippen molar-refractivity contribution in [3.05, 3.63) is 9.96 Å². The minimum atomic E-state index is -1.98. The van der Waals surface area contributed by atoms with E-state index >= 15 is 0 Å². The molecule has 0 amide bonds. The van der Waals surface area contributed by atoms with Crippen molar-refractivity contribution in [3.63, 3.8) is 0 Å². The third-order valence-electron chi connectivity index (χ3n) is 1.71. The van der Waals surface area contributed by atoms with Crippen LogP contribution in [0.3, 0.4) is 0 Å². The molecule has 0 saturated heterocycles. The summed E-state index contributed by atoms with van der Waals surface area (Å²) in [5.74, 6) is 0. The van der Waals surface area contributed by atoms with Crippen molar-refractivity contribution in [3.8, 4) is 0 Å². The average Bonchev–Trinajstić information content (AvgIpc) is 1.65. The van der Waals surface area contributed by atoms with Crippen LogP contribution >= 0.6 is 0 Å². The molecule has 0 spiro atoms. The molecule has 3 nitrogen and oxygen atoms in total. The van der Waals surface area contributed by atoms with Gasteiger partial charge in [0.15, 0.2) is 0 Å². The van der Waals surface area contributed by atoms with Crippen LogP contribution < -0.4 is 12.4 Å². The van der Waals surface area contributed by atoms with Crippen molar-refractivity contribution in [2.45, 2.75) is 78.8 Å². The molecule has 0 rings (SSSR count). The molecule has 0 saturated carbocycles. The van der Waals surface area contributed by atoms with Crippen molar-refractivity contribution < 1.29 is 16.5 Å². The molecule has 0 aromatic carbocycles. The van der Waals surface area contributed by atoms with Gasteiger partial charge < -0.3 is 26.5 Å². The molecule has 0 unspecified atom stereocenters.